The number of aliphatic carboxylic acids is 1. The molecule has 5 nitrogen and oxygen atoms in total. The van der Waals surface area contributed by atoms with Gasteiger partial charge in [0.15, 0.2) is 0 Å². The molecule has 1 amide bonds. The van der Waals surface area contributed by atoms with E-state index in [1.54, 1.807) is 0 Å². The molecule has 2 aromatic rings. The summed E-state index contributed by atoms with van der Waals surface area (Å²) in [6, 6.07) is 11.6. The van der Waals surface area contributed by atoms with Crippen LogP contribution in [0.2, 0.25) is 0 Å². The number of carboxylic acids is 1. The van der Waals surface area contributed by atoms with Gasteiger partial charge in [0.2, 0.25) is 0 Å². The van der Waals surface area contributed by atoms with Crippen molar-refractivity contribution in [2.75, 3.05) is 20.2 Å². The lowest BCUT2D eigenvalue weighted by atomic mass is 10.2. The molecule has 0 aliphatic carbocycles. The predicted molar refractivity (Wildman–Crippen MR) is 90.1 cm³/mol. The molecule has 1 aromatic carbocycles. The molecule has 1 aromatic heterocycles. The summed E-state index contributed by atoms with van der Waals surface area (Å²) < 4.78 is 5.34. The Hall–Kier alpha value is -2.34. The first-order chi connectivity index (χ1) is 11.1. The first-order valence-corrected chi connectivity index (χ1v) is 8.12. The number of carboxylic acid groups (broad SMARTS) is 1. The van der Waals surface area contributed by atoms with Gasteiger partial charge in [0.25, 0.3) is 5.91 Å². The summed E-state index contributed by atoms with van der Waals surface area (Å²) in [6.45, 7) is 2.47. The van der Waals surface area contributed by atoms with Gasteiger partial charge in [-0.3, -0.25) is 9.59 Å². The van der Waals surface area contributed by atoms with Crippen molar-refractivity contribution in [2.45, 2.75) is 13.3 Å². The van der Waals surface area contributed by atoms with Crippen LogP contribution in [0.15, 0.2) is 36.4 Å². The van der Waals surface area contributed by atoms with Crippen molar-refractivity contribution in [3.63, 3.8) is 0 Å². The molecule has 122 valence electrons. The van der Waals surface area contributed by atoms with Gasteiger partial charge in [-0.2, -0.15) is 0 Å². The lowest BCUT2D eigenvalue weighted by Gasteiger charge is -2.19. The van der Waals surface area contributed by atoms with E-state index in [1.165, 1.54) is 23.3 Å². The first-order valence-electron chi connectivity index (χ1n) is 7.31. The van der Waals surface area contributed by atoms with Crippen LogP contribution in [-0.4, -0.2) is 42.1 Å². The second-order valence-electron chi connectivity index (χ2n) is 4.90. The van der Waals surface area contributed by atoms with Gasteiger partial charge in [-0.05, 0) is 18.6 Å². The highest BCUT2D eigenvalue weighted by Gasteiger charge is 2.22. The second kappa shape index (κ2) is 7.78. The van der Waals surface area contributed by atoms with E-state index in [-0.39, 0.29) is 18.9 Å². The van der Waals surface area contributed by atoms with Crippen LogP contribution in [-0.2, 0) is 4.79 Å². The minimum absolute atomic E-state index is 0.0706. The van der Waals surface area contributed by atoms with Crippen LogP contribution in [0, 0.1) is 0 Å². The summed E-state index contributed by atoms with van der Waals surface area (Å²) in [5, 5.41) is 8.80. The van der Waals surface area contributed by atoms with Crippen LogP contribution in [0.5, 0.6) is 5.75 Å². The number of benzene rings is 1. The molecule has 0 bridgehead atoms. The molecule has 0 fully saturated rings. The van der Waals surface area contributed by atoms with E-state index in [0.717, 1.165) is 10.4 Å². The number of amides is 1. The van der Waals surface area contributed by atoms with Crippen LogP contribution in [0.1, 0.15) is 23.0 Å². The van der Waals surface area contributed by atoms with Crippen molar-refractivity contribution in [3.05, 3.63) is 41.3 Å². The zero-order valence-corrected chi connectivity index (χ0v) is 13.9. The molecular formula is C17H19NO4S. The Bertz CT molecular complexity index is 681. The SMILES string of the molecule is CCN(CCC(=O)O)C(=O)c1sc(-c2ccccc2)cc1OC. The van der Waals surface area contributed by atoms with Gasteiger partial charge in [0.05, 0.1) is 13.5 Å². The normalized spacial score (nSPS) is 10.3. The van der Waals surface area contributed by atoms with Crippen LogP contribution in [0.25, 0.3) is 10.4 Å². The van der Waals surface area contributed by atoms with E-state index in [4.69, 9.17) is 9.84 Å². The van der Waals surface area contributed by atoms with Crippen molar-refractivity contribution in [3.8, 4) is 16.2 Å². The molecule has 2 rings (SSSR count). The van der Waals surface area contributed by atoms with E-state index < -0.39 is 5.97 Å². The molecule has 1 N–H and O–H groups in total. The van der Waals surface area contributed by atoms with E-state index in [2.05, 4.69) is 0 Å². The van der Waals surface area contributed by atoms with Gasteiger partial charge in [-0.15, -0.1) is 11.3 Å². The van der Waals surface area contributed by atoms with Crippen molar-refractivity contribution in [1.82, 2.24) is 4.90 Å². The quantitative estimate of drug-likeness (QED) is 0.844. The molecule has 0 atom stereocenters. The minimum atomic E-state index is -0.917. The first kappa shape index (κ1) is 17.0. The third-order valence-electron chi connectivity index (χ3n) is 3.43. The monoisotopic (exact) mass is 333 g/mol. The van der Waals surface area contributed by atoms with E-state index >= 15 is 0 Å². The predicted octanol–water partition coefficient (Wildman–Crippen LogP) is 3.36. The zero-order chi connectivity index (χ0) is 16.8. The standard InChI is InChI=1S/C17H19NO4S/c1-3-18(10-9-15(19)20)17(21)16-13(22-2)11-14(23-16)12-7-5-4-6-8-12/h4-8,11H,3,9-10H2,1-2H3,(H,19,20). The molecule has 0 aliphatic heterocycles. The highest BCUT2D eigenvalue weighted by Crippen LogP contribution is 2.36. The largest absolute Gasteiger partial charge is 0.495 e. The fraction of sp³-hybridized carbons (Fsp3) is 0.294. The molecule has 0 saturated carbocycles. The third kappa shape index (κ3) is 4.10. The summed E-state index contributed by atoms with van der Waals surface area (Å²) in [6.07, 6.45) is -0.0706. The third-order valence-corrected chi connectivity index (χ3v) is 4.59. The molecule has 6 heteroatoms. The average molecular weight is 333 g/mol. The maximum absolute atomic E-state index is 12.7. The molecule has 0 saturated heterocycles. The Balaban J connectivity index is 2.28. The van der Waals surface area contributed by atoms with E-state index in [1.807, 2.05) is 43.3 Å². The number of carbonyl (C=O) groups is 2. The minimum Gasteiger partial charge on any atom is -0.495 e. The van der Waals surface area contributed by atoms with Crippen molar-refractivity contribution >= 4 is 23.2 Å². The van der Waals surface area contributed by atoms with E-state index in [0.29, 0.717) is 17.2 Å². The van der Waals surface area contributed by atoms with Crippen molar-refractivity contribution < 1.29 is 19.4 Å². The summed E-state index contributed by atoms with van der Waals surface area (Å²) in [5.41, 5.74) is 1.02. The van der Waals surface area contributed by atoms with E-state index in [9.17, 15) is 9.59 Å². The van der Waals surface area contributed by atoms with Gasteiger partial charge in [-0.1, -0.05) is 30.3 Å². The van der Waals surface area contributed by atoms with Gasteiger partial charge in [0.1, 0.15) is 10.6 Å². The van der Waals surface area contributed by atoms with Gasteiger partial charge in [-0.25, -0.2) is 0 Å². The van der Waals surface area contributed by atoms with Crippen LogP contribution < -0.4 is 4.74 Å². The highest BCUT2D eigenvalue weighted by molar-refractivity contribution is 7.17. The summed E-state index contributed by atoms with van der Waals surface area (Å²) in [4.78, 5) is 26.4. The van der Waals surface area contributed by atoms with Crippen molar-refractivity contribution in [2.24, 2.45) is 0 Å². The van der Waals surface area contributed by atoms with Gasteiger partial charge in [0, 0.05) is 18.0 Å². The Morgan fingerprint density at radius 3 is 2.52 bits per heavy atom. The molecule has 1 heterocycles. The number of methoxy groups -OCH3 is 1. The fourth-order valence-corrected chi connectivity index (χ4v) is 3.30. The number of rotatable bonds is 7. The summed E-state index contributed by atoms with van der Waals surface area (Å²) in [7, 11) is 1.53. The highest BCUT2D eigenvalue weighted by atomic mass is 32.1. The molecule has 0 spiro atoms. The zero-order valence-electron chi connectivity index (χ0n) is 13.1. The number of thiophene rings is 1. The molecular weight excluding hydrogens is 314 g/mol. The Morgan fingerprint density at radius 1 is 1.26 bits per heavy atom. The smallest absolute Gasteiger partial charge is 0.305 e. The number of nitrogens with zero attached hydrogens (tertiary/aromatic N) is 1. The maximum Gasteiger partial charge on any atom is 0.305 e. The molecule has 0 aliphatic rings. The lowest BCUT2D eigenvalue weighted by molar-refractivity contribution is -0.137. The van der Waals surface area contributed by atoms with Gasteiger partial charge < -0.3 is 14.7 Å². The topological polar surface area (TPSA) is 66.8 Å². The Morgan fingerprint density at radius 2 is 1.96 bits per heavy atom. The Labute approximate surface area is 139 Å². The Kier molecular flexibility index (Phi) is 5.76. The number of carbonyl (C=O) groups excluding carboxylic acids is 1. The molecule has 0 unspecified atom stereocenters. The molecule has 23 heavy (non-hydrogen) atoms. The van der Waals surface area contributed by atoms with Crippen LogP contribution in [0.3, 0.4) is 0 Å². The maximum atomic E-state index is 12.7. The van der Waals surface area contributed by atoms with Crippen LogP contribution >= 0.6 is 11.3 Å². The fourth-order valence-electron chi connectivity index (χ4n) is 2.20. The number of hydrogen-bond donors (Lipinski definition) is 1. The van der Waals surface area contributed by atoms with Crippen molar-refractivity contribution in [1.29, 1.82) is 0 Å². The molecule has 0 radical (unpaired) electrons. The average Bonchev–Trinajstić information content (AvgIpc) is 3.00. The summed E-state index contributed by atoms with van der Waals surface area (Å²) >= 11 is 1.36. The number of hydrogen-bond acceptors (Lipinski definition) is 4. The van der Waals surface area contributed by atoms with Crippen LogP contribution in [0.4, 0.5) is 0 Å². The summed E-state index contributed by atoms with van der Waals surface area (Å²) in [5.74, 6) is -0.593. The lowest BCUT2D eigenvalue weighted by Crippen LogP contribution is -2.32. The second-order valence-corrected chi connectivity index (χ2v) is 5.95. The van der Waals surface area contributed by atoms with Gasteiger partial charge >= 0.3 is 5.97 Å². The number of ether oxygens (including phenoxy) is 1.